The molecule has 3 N–H and O–H groups in total. The molecule has 31 heavy (non-hydrogen) atoms. The molecule has 1 aromatic rings. The Morgan fingerprint density at radius 3 is 1.77 bits per heavy atom. The summed E-state index contributed by atoms with van der Waals surface area (Å²) in [6.07, 6.45) is 10.8. The zero-order valence-electron chi connectivity index (χ0n) is 22.3. The lowest BCUT2D eigenvalue weighted by Crippen LogP contribution is -2.09. The third kappa shape index (κ3) is 19.3. The van der Waals surface area contributed by atoms with Crippen molar-refractivity contribution in [2.45, 2.75) is 120 Å². The zero-order chi connectivity index (χ0) is 24.7. The summed E-state index contributed by atoms with van der Waals surface area (Å²) in [6, 6.07) is 6.03. The second-order valence-corrected chi connectivity index (χ2v) is 8.13. The summed E-state index contributed by atoms with van der Waals surface area (Å²) in [4.78, 5) is 0. The molecule has 0 aliphatic heterocycles. The van der Waals surface area contributed by atoms with Crippen molar-refractivity contribution in [3.63, 3.8) is 0 Å². The minimum atomic E-state index is 0.819. The highest BCUT2D eigenvalue weighted by atomic mass is 35.5. The van der Waals surface area contributed by atoms with Gasteiger partial charge in [-0.25, -0.2) is 0 Å². The molecule has 182 valence electrons. The first kappa shape index (κ1) is 34.5. The predicted octanol–water partition coefficient (Wildman–Crippen LogP) is 9.84. The van der Waals surface area contributed by atoms with Crippen LogP contribution in [0.5, 0.6) is 0 Å². The van der Waals surface area contributed by atoms with Gasteiger partial charge in [-0.2, -0.15) is 0 Å². The first-order valence-corrected chi connectivity index (χ1v) is 12.9. The van der Waals surface area contributed by atoms with E-state index in [0.717, 1.165) is 47.7 Å². The third-order valence-electron chi connectivity index (χ3n) is 4.56. The van der Waals surface area contributed by atoms with Crippen molar-refractivity contribution in [3.8, 4) is 0 Å². The highest BCUT2D eigenvalue weighted by Gasteiger charge is 2.13. The van der Waals surface area contributed by atoms with E-state index in [1.807, 2.05) is 45.9 Å². The largest absolute Gasteiger partial charge is 0.330 e. The molecule has 0 aromatic heterocycles. The Kier molecular flexibility index (Phi) is 28.0. The van der Waals surface area contributed by atoms with Crippen LogP contribution in [0.3, 0.4) is 0 Å². The van der Waals surface area contributed by atoms with E-state index in [9.17, 15) is 0 Å². The lowest BCUT2D eigenvalue weighted by atomic mass is 9.88. The zero-order valence-corrected chi connectivity index (χ0v) is 23.0. The molecule has 2 nitrogen and oxygen atoms in total. The lowest BCUT2D eigenvalue weighted by Gasteiger charge is -2.18. The summed E-state index contributed by atoms with van der Waals surface area (Å²) in [5.74, 6) is 0. The fourth-order valence-corrected chi connectivity index (χ4v) is 2.89. The maximum absolute atomic E-state index is 7.85. The summed E-state index contributed by atoms with van der Waals surface area (Å²) in [5, 5.41) is 8.74. The van der Waals surface area contributed by atoms with Gasteiger partial charge in [-0.15, -0.1) is 0 Å². The number of halogens is 1. The Bertz CT molecular complexity index is 554. The Morgan fingerprint density at radius 1 is 0.968 bits per heavy atom. The van der Waals surface area contributed by atoms with Gasteiger partial charge in [0, 0.05) is 10.7 Å². The third-order valence-corrected chi connectivity index (χ3v) is 5.16. The second kappa shape index (κ2) is 25.1. The van der Waals surface area contributed by atoms with Crippen molar-refractivity contribution in [3.05, 3.63) is 45.5 Å². The normalized spacial score (nSPS) is 13.7. The van der Waals surface area contributed by atoms with Crippen molar-refractivity contribution < 1.29 is 0 Å². The van der Waals surface area contributed by atoms with Crippen LogP contribution in [0.2, 0.25) is 5.02 Å². The van der Waals surface area contributed by atoms with Crippen molar-refractivity contribution >= 4 is 17.3 Å². The molecule has 0 radical (unpaired) electrons. The summed E-state index contributed by atoms with van der Waals surface area (Å²) in [5.41, 5.74) is 11.1. The average molecular weight is 453 g/mol. The number of allylic oxidation sites excluding steroid dienone is 2. The minimum absolute atomic E-state index is 0.819. The van der Waals surface area contributed by atoms with E-state index in [-0.39, 0.29) is 0 Å². The maximum atomic E-state index is 7.85. The van der Waals surface area contributed by atoms with E-state index in [0.29, 0.717) is 0 Å². The van der Waals surface area contributed by atoms with E-state index in [1.54, 1.807) is 0 Å². The smallest absolute Gasteiger partial charge is 0.0464 e. The van der Waals surface area contributed by atoms with E-state index >= 15 is 0 Å². The Morgan fingerprint density at radius 2 is 1.42 bits per heavy atom. The van der Waals surface area contributed by atoms with Gasteiger partial charge in [0.05, 0.1) is 0 Å². The molecule has 2 rings (SSSR count). The molecular weight excluding hydrogens is 400 g/mol. The summed E-state index contributed by atoms with van der Waals surface area (Å²) < 4.78 is 0. The molecule has 3 heteroatoms. The van der Waals surface area contributed by atoms with E-state index in [4.69, 9.17) is 22.7 Å². The molecule has 0 saturated heterocycles. The van der Waals surface area contributed by atoms with Gasteiger partial charge in [0.1, 0.15) is 0 Å². The lowest BCUT2D eigenvalue weighted by molar-refractivity contribution is 0.710. The van der Waals surface area contributed by atoms with Crippen LogP contribution in [-0.4, -0.2) is 12.3 Å². The number of rotatable bonds is 4. The summed E-state index contributed by atoms with van der Waals surface area (Å²) in [6.45, 7) is 19.6. The van der Waals surface area contributed by atoms with Crippen molar-refractivity contribution in [1.29, 1.82) is 5.41 Å². The van der Waals surface area contributed by atoms with Crippen LogP contribution in [-0.2, 0) is 0 Å². The van der Waals surface area contributed by atoms with Gasteiger partial charge in [0.2, 0.25) is 0 Å². The van der Waals surface area contributed by atoms with Gasteiger partial charge in [0.25, 0.3) is 0 Å². The van der Waals surface area contributed by atoms with Crippen molar-refractivity contribution in [2.75, 3.05) is 6.54 Å². The maximum Gasteiger partial charge on any atom is 0.0464 e. The number of nitrogens with two attached hydrogens (primary N) is 1. The molecule has 1 aliphatic rings. The van der Waals surface area contributed by atoms with Crippen molar-refractivity contribution in [1.82, 2.24) is 0 Å². The second-order valence-electron chi connectivity index (χ2n) is 7.75. The molecule has 1 fully saturated rings. The van der Waals surface area contributed by atoms with Gasteiger partial charge < -0.3 is 11.1 Å². The van der Waals surface area contributed by atoms with Gasteiger partial charge in [-0.05, 0) is 89.0 Å². The molecule has 0 unspecified atom stereocenters. The molecule has 0 heterocycles. The van der Waals surface area contributed by atoms with Crippen LogP contribution >= 0.6 is 11.6 Å². The van der Waals surface area contributed by atoms with Crippen LogP contribution in [0.1, 0.15) is 117 Å². The first-order valence-electron chi connectivity index (χ1n) is 12.5. The van der Waals surface area contributed by atoms with E-state index < -0.39 is 0 Å². The van der Waals surface area contributed by atoms with Crippen molar-refractivity contribution in [2.24, 2.45) is 5.73 Å². The Labute approximate surface area is 200 Å². The van der Waals surface area contributed by atoms with E-state index in [2.05, 4.69) is 34.6 Å². The molecule has 0 amide bonds. The summed E-state index contributed by atoms with van der Waals surface area (Å²) in [7, 11) is 0. The molecule has 1 aliphatic carbocycles. The Balaban J connectivity index is -0.000000378. The van der Waals surface area contributed by atoms with Gasteiger partial charge in [-0.1, -0.05) is 89.8 Å². The highest BCUT2D eigenvalue weighted by molar-refractivity contribution is 6.32. The number of nitrogens with one attached hydrogen (secondary N) is 1. The number of hydrogen-bond acceptors (Lipinski definition) is 2. The molecule has 0 atom stereocenters. The van der Waals surface area contributed by atoms with Crippen LogP contribution in [0, 0.1) is 19.3 Å². The average Bonchev–Trinajstić information content (AvgIpc) is 2.78. The monoisotopic (exact) mass is 452 g/mol. The number of aryl methyl sites for hydroxylation is 2. The van der Waals surface area contributed by atoms with Crippen LogP contribution in [0.15, 0.2) is 29.3 Å². The number of hydrogen-bond donors (Lipinski definition) is 2. The van der Waals surface area contributed by atoms with Gasteiger partial charge in [-0.3, -0.25) is 0 Å². The molecule has 1 saturated carbocycles. The summed E-state index contributed by atoms with van der Waals surface area (Å²) >= 11 is 5.88. The topological polar surface area (TPSA) is 49.9 Å². The predicted molar refractivity (Wildman–Crippen MR) is 146 cm³/mol. The standard InChI is InChI=1S/C12H21N.C8H9Cl.C3H9N.C3H8.C2H6/c1-3-4-7-10(2)11-8-5-6-9-12(11)13;1-6-4-3-5-7(2)8(6)9;1-2-3-4;1-3-2;1-2/h13H,3-9H2,1-2H3;3-5H,1-2H3;2-4H2,1H3;3H2,1-2H3;1-2H3/b11-10+,13-12?;;;;. The SMILES string of the molecule is CC.CCC.CCCC/C(C)=C1\CCCCC1=N.CCCN.Cc1cccc(C)c1Cl. The first-order chi connectivity index (χ1) is 14.8. The Hall–Kier alpha value is -1.12. The quantitative estimate of drug-likeness (QED) is 0.468. The molecule has 0 spiro atoms. The highest BCUT2D eigenvalue weighted by Crippen LogP contribution is 2.25. The molecule has 1 aromatic carbocycles. The van der Waals surface area contributed by atoms with Gasteiger partial charge in [0.15, 0.2) is 0 Å². The van der Waals surface area contributed by atoms with Gasteiger partial charge >= 0.3 is 0 Å². The fraction of sp³-hybridized carbons (Fsp3) is 0.679. The minimum Gasteiger partial charge on any atom is -0.330 e. The fourth-order valence-electron chi connectivity index (χ4n) is 2.76. The molecular formula is C28H53ClN2. The van der Waals surface area contributed by atoms with Crippen LogP contribution < -0.4 is 5.73 Å². The van der Waals surface area contributed by atoms with E-state index in [1.165, 1.54) is 49.7 Å². The van der Waals surface area contributed by atoms with Crippen LogP contribution in [0.4, 0.5) is 0 Å². The molecule has 0 bridgehead atoms. The number of unbranched alkanes of at least 4 members (excludes halogenated alkanes) is 1. The number of benzene rings is 1. The van der Waals surface area contributed by atoms with Crippen LogP contribution in [0.25, 0.3) is 0 Å².